The second-order valence-electron chi connectivity index (χ2n) is 5.73. The third-order valence-corrected chi connectivity index (χ3v) is 3.79. The molecule has 0 saturated heterocycles. The minimum absolute atomic E-state index is 0.0751. The largest absolute Gasteiger partial charge is 0.503 e. The van der Waals surface area contributed by atoms with Crippen molar-refractivity contribution in [3.63, 3.8) is 0 Å². The molecule has 0 radical (unpaired) electrons. The molecule has 1 N–H and O–H groups in total. The van der Waals surface area contributed by atoms with Gasteiger partial charge in [-0.25, -0.2) is 0 Å². The van der Waals surface area contributed by atoms with E-state index in [4.69, 9.17) is 0 Å². The fourth-order valence-electron chi connectivity index (χ4n) is 2.72. The summed E-state index contributed by atoms with van der Waals surface area (Å²) in [6.45, 7) is 11.9. The monoisotopic (exact) mass is 294 g/mol. The average molecular weight is 294 g/mol. The Bertz CT molecular complexity index is 488. The van der Waals surface area contributed by atoms with Gasteiger partial charge < -0.3 is 9.67 Å². The molecule has 1 rings (SSSR count). The van der Waals surface area contributed by atoms with Crippen LogP contribution in [0.5, 0.6) is 5.75 Å². The van der Waals surface area contributed by atoms with Crippen LogP contribution in [0, 0.1) is 6.92 Å². The maximum absolute atomic E-state index is 11.9. The van der Waals surface area contributed by atoms with Crippen LogP contribution in [0.4, 0.5) is 0 Å². The summed E-state index contributed by atoms with van der Waals surface area (Å²) in [5.41, 5.74) is 1.45. The second-order valence-corrected chi connectivity index (χ2v) is 5.73. The molecule has 0 atom stereocenters. The molecular weight excluding hydrogens is 264 g/mol. The Kier molecular flexibility index (Phi) is 7.51. The van der Waals surface area contributed by atoms with E-state index in [1.54, 1.807) is 6.07 Å². The number of hydrogen-bond donors (Lipinski definition) is 1. The number of aryl methyl sites for hydroxylation is 1. The van der Waals surface area contributed by atoms with Crippen LogP contribution in [0.25, 0.3) is 0 Å². The number of pyridine rings is 1. The van der Waals surface area contributed by atoms with Crippen LogP contribution >= 0.6 is 0 Å². The van der Waals surface area contributed by atoms with Crippen LogP contribution in [0.1, 0.15) is 57.8 Å². The van der Waals surface area contributed by atoms with E-state index in [9.17, 15) is 9.90 Å². The average Bonchev–Trinajstić information content (AvgIpc) is 2.44. The Balaban J connectivity index is 3.14. The lowest BCUT2D eigenvalue weighted by atomic mass is 10.2. The van der Waals surface area contributed by atoms with E-state index in [2.05, 4.69) is 30.2 Å². The van der Waals surface area contributed by atoms with Gasteiger partial charge in [-0.3, -0.25) is 9.69 Å². The third kappa shape index (κ3) is 4.88. The number of unbranched alkanes of at least 4 members (excludes halogenated alkanes) is 1. The summed E-state index contributed by atoms with van der Waals surface area (Å²) in [5.74, 6) is -0.0751. The molecule has 0 unspecified atom stereocenters. The van der Waals surface area contributed by atoms with Gasteiger partial charge in [0.2, 0.25) is 5.43 Å². The van der Waals surface area contributed by atoms with Gasteiger partial charge in [0.25, 0.3) is 0 Å². The third-order valence-electron chi connectivity index (χ3n) is 3.79. The van der Waals surface area contributed by atoms with Gasteiger partial charge in [-0.15, -0.1) is 0 Å². The first-order chi connectivity index (χ1) is 10.0. The van der Waals surface area contributed by atoms with Gasteiger partial charge in [0.05, 0.1) is 5.69 Å². The summed E-state index contributed by atoms with van der Waals surface area (Å²) in [7, 11) is 0. The first-order valence-corrected chi connectivity index (χ1v) is 8.19. The quantitative estimate of drug-likeness (QED) is 0.760. The molecule has 0 aliphatic rings. The van der Waals surface area contributed by atoms with E-state index >= 15 is 0 Å². The molecule has 1 aromatic heterocycles. The molecule has 0 fully saturated rings. The van der Waals surface area contributed by atoms with Gasteiger partial charge in [0.15, 0.2) is 5.75 Å². The Morgan fingerprint density at radius 2 is 1.76 bits per heavy atom. The van der Waals surface area contributed by atoms with Crippen molar-refractivity contribution in [3.05, 3.63) is 27.7 Å². The van der Waals surface area contributed by atoms with Crippen molar-refractivity contribution in [1.29, 1.82) is 0 Å². The van der Waals surface area contributed by atoms with E-state index in [1.807, 2.05) is 6.92 Å². The van der Waals surface area contributed by atoms with E-state index in [-0.39, 0.29) is 11.2 Å². The molecule has 0 aliphatic carbocycles. The predicted octanol–water partition coefficient (Wildman–Crippen LogP) is 3.28. The highest BCUT2D eigenvalue weighted by molar-refractivity contribution is 5.29. The molecule has 120 valence electrons. The highest BCUT2D eigenvalue weighted by atomic mass is 16.3. The van der Waals surface area contributed by atoms with Crippen molar-refractivity contribution in [3.8, 4) is 5.75 Å². The fraction of sp³-hybridized carbons (Fsp3) is 0.706. The lowest BCUT2D eigenvalue weighted by Crippen LogP contribution is -2.28. The highest BCUT2D eigenvalue weighted by Crippen LogP contribution is 2.18. The van der Waals surface area contributed by atoms with Crippen LogP contribution in [0.2, 0.25) is 0 Å². The van der Waals surface area contributed by atoms with E-state index < -0.39 is 0 Å². The Morgan fingerprint density at radius 3 is 2.29 bits per heavy atom. The summed E-state index contributed by atoms with van der Waals surface area (Å²) in [5, 5.41) is 10.2. The molecule has 1 heterocycles. The normalized spacial score (nSPS) is 11.3. The van der Waals surface area contributed by atoms with Gasteiger partial charge in [-0.2, -0.15) is 0 Å². The Hall–Kier alpha value is -1.29. The molecule has 21 heavy (non-hydrogen) atoms. The zero-order chi connectivity index (χ0) is 15.8. The lowest BCUT2D eigenvalue weighted by Gasteiger charge is -2.25. The van der Waals surface area contributed by atoms with Crippen LogP contribution in [0.3, 0.4) is 0 Å². The number of nitrogens with zero attached hydrogens (tertiary/aromatic N) is 2. The zero-order valence-electron chi connectivity index (χ0n) is 14.0. The summed E-state index contributed by atoms with van der Waals surface area (Å²) < 4.78 is 2.11. The number of hydrogen-bond acceptors (Lipinski definition) is 3. The molecule has 0 amide bonds. The molecule has 1 aromatic rings. The molecule has 0 saturated carbocycles. The first kappa shape index (κ1) is 17.8. The number of aromatic hydroxyl groups is 1. The fourth-order valence-corrected chi connectivity index (χ4v) is 2.72. The molecule has 0 bridgehead atoms. The summed E-state index contributed by atoms with van der Waals surface area (Å²) in [6, 6.07) is 1.54. The van der Waals surface area contributed by atoms with Crippen molar-refractivity contribution in [2.24, 2.45) is 0 Å². The summed E-state index contributed by atoms with van der Waals surface area (Å²) in [6.07, 6.45) is 4.30. The second kappa shape index (κ2) is 8.88. The number of aromatic nitrogens is 1. The minimum Gasteiger partial charge on any atom is -0.503 e. The standard InChI is InChI=1S/C17H30N2O2/c1-5-8-11-19-14(4)12-16(20)17(21)15(19)13-18(9-6-2)10-7-3/h12,21H,5-11,13H2,1-4H3. The maximum Gasteiger partial charge on any atom is 0.223 e. The minimum atomic E-state index is -0.261. The van der Waals surface area contributed by atoms with Gasteiger partial charge in [0.1, 0.15) is 0 Å². The molecular formula is C17H30N2O2. The Morgan fingerprint density at radius 1 is 1.14 bits per heavy atom. The van der Waals surface area contributed by atoms with Crippen molar-refractivity contribution in [2.45, 2.75) is 66.5 Å². The summed E-state index contributed by atoms with van der Waals surface area (Å²) in [4.78, 5) is 14.2. The topological polar surface area (TPSA) is 45.5 Å². The highest BCUT2D eigenvalue weighted by Gasteiger charge is 2.15. The number of rotatable bonds is 9. The lowest BCUT2D eigenvalue weighted by molar-refractivity contribution is 0.253. The van der Waals surface area contributed by atoms with Crippen molar-refractivity contribution < 1.29 is 5.11 Å². The predicted molar refractivity (Wildman–Crippen MR) is 87.9 cm³/mol. The maximum atomic E-state index is 11.9. The van der Waals surface area contributed by atoms with Gasteiger partial charge in [-0.1, -0.05) is 27.2 Å². The van der Waals surface area contributed by atoms with Crippen LogP contribution in [-0.4, -0.2) is 27.7 Å². The van der Waals surface area contributed by atoms with Gasteiger partial charge in [0, 0.05) is 24.8 Å². The molecule has 4 heteroatoms. The van der Waals surface area contributed by atoms with Crippen LogP contribution in [0.15, 0.2) is 10.9 Å². The SMILES string of the molecule is CCCCn1c(C)cc(=O)c(O)c1CN(CCC)CCC. The van der Waals surface area contributed by atoms with Gasteiger partial charge >= 0.3 is 0 Å². The zero-order valence-corrected chi connectivity index (χ0v) is 14.0. The van der Waals surface area contributed by atoms with E-state index in [0.29, 0.717) is 6.54 Å². The molecule has 0 aromatic carbocycles. The summed E-state index contributed by atoms with van der Waals surface area (Å²) >= 11 is 0. The van der Waals surface area contributed by atoms with Crippen LogP contribution in [-0.2, 0) is 13.1 Å². The Labute approximate surface area is 128 Å². The molecule has 4 nitrogen and oxygen atoms in total. The van der Waals surface area contributed by atoms with Gasteiger partial charge in [-0.05, 0) is 39.3 Å². The van der Waals surface area contributed by atoms with Crippen molar-refractivity contribution >= 4 is 0 Å². The first-order valence-electron chi connectivity index (χ1n) is 8.19. The molecule has 0 aliphatic heterocycles. The van der Waals surface area contributed by atoms with E-state index in [0.717, 1.165) is 56.7 Å². The smallest absolute Gasteiger partial charge is 0.223 e. The van der Waals surface area contributed by atoms with Crippen LogP contribution < -0.4 is 5.43 Å². The van der Waals surface area contributed by atoms with Crippen molar-refractivity contribution in [2.75, 3.05) is 13.1 Å². The molecule has 0 spiro atoms. The van der Waals surface area contributed by atoms with E-state index in [1.165, 1.54) is 0 Å². The van der Waals surface area contributed by atoms with Crippen molar-refractivity contribution in [1.82, 2.24) is 9.47 Å².